The summed E-state index contributed by atoms with van der Waals surface area (Å²) >= 11 is 6.42. The van der Waals surface area contributed by atoms with Crippen molar-refractivity contribution in [3.63, 3.8) is 0 Å². The maximum atomic E-state index is 13.6. The highest BCUT2D eigenvalue weighted by Crippen LogP contribution is 2.26. The molecule has 0 saturated heterocycles. The Bertz CT molecular complexity index is 1230. The Morgan fingerprint density at radius 2 is 1.79 bits per heavy atom. The summed E-state index contributed by atoms with van der Waals surface area (Å²) in [6.45, 7) is 6.07. The molecule has 0 aromatic heterocycles. The summed E-state index contributed by atoms with van der Waals surface area (Å²) in [6, 6.07) is 12.5. The quantitative estimate of drug-likeness (QED) is 0.377. The maximum absolute atomic E-state index is 13.6. The molecule has 208 valence electrons. The van der Waals surface area contributed by atoms with E-state index in [0.29, 0.717) is 23.6 Å². The Morgan fingerprint density at radius 3 is 2.42 bits per heavy atom. The van der Waals surface area contributed by atoms with Crippen molar-refractivity contribution in [2.45, 2.75) is 84.3 Å². The average Bonchev–Trinajstić information content (AvgIpc) is 3.36. The highest BCUT2D eigenvalue weighted by molar-refractivity contribution is 7.92. The first-order valence-corrected chi connectivity index (χ1v) is 15.6. The van der Waals surface area contributed by atoms with Gasteiger partial charge in [0.05, 0.1) is 11.9 Å². The Morgan fingerprint density at radius 1 is 1.11 bits per heavy atom. The SMILES string of the molecule is CC[C@@H](C(=O)NC1CCCC1)N(Cc1ccccc1Cl)C(=O)CCCN(c1cc(C)ccc1C)S(C)(=O)=O. The third-order valence-electron chi connectivity index (χ3n) is 7.17. The van der Waals surface area contributed by atoms with Gasteiger partial charge in [0, 0.05) is 30.6 Å². The van der Waals surface area contributed by atoms with Gasteiger partial charge < -0.3 is 10.2 Å². The highest BCUT2D eigenvalue weighted by atomic mass is 35.5. The van der Waals surface area contributed by atoms with Crippen molar-refractivity contribution in [2.75, 3.05) is 17.1 Å². The van der Waals surface area contributed by atoms with Crippen LogP contribution in [0.1, 0.15) is 68.6 Å². The van der Waals surface area contributed by atoms with Crippen LogP contribution in [0.15, 0.2) is 42.5 Å². The largest absolute Gasteiger partial charge is 0.352 e. The number of hydrogen-bond acceptors (Lipinski definition) is 4. The molecule has 0 unspecified atom stereocenters. The summed E-state index contributed by atoms with van der Waals surface area (Å²) < 4.78 is 26.7. The number of halogens is 1. The van der Waals surface area contributed by atoms with Crippen LogP contribution in [-0.4, -0.2) is 50.0 Å². The van der Waals surface area contributed by atoms with E-state index >= 15 is 0 Å². The second-order valence-electron chi connectivity index (χ2n) is 10.3. The van der Waals surface area contributed by atoms with Gasteiger partial charge in [-0.25, -0.2) is 8.42 Å². The first-order chi connectivity index (χ1) is 18.0. The molecule has 0 radical (unpaired) electrons. The molecule has 38 heavy (non-hydrogen) atoms. The zero-order valence-corrected chi connectivity index (χ0v) is 24.4. The van der Waals surface area contributed by atoms with E-state index in [0.717, 1.165) is 42.4 Å². The number of sulfonamides is 1. The minimum atomic E-state index is -3.55. The van der Waals surface area contributed by atoms with E-state index in [2.05, 4.69) is 5.32 Å². The lowest BCUT2D eigenvalue weighted by Crippen LogP contribution is -2.51. The van der Waals surface area contributed by atoms with E-state index in [-0.39, 0.29) is 37.4 Å². The molecule has 0 bridgehead atoms. The molecule has 2 aromatic carbocycles. The fourth-order valence-electron chi connectivity index (χ4n) is 5.07. The average molecular weight is 562 g/mol. The number of rotatable bonds is 12. The summed E-state index contributed by atoms with van der Waals surface area (Å²) in [5.41, 5.74) is 3.20. The van der Waals surface area contributed by atoms with Gasteiger partial charge in [-0.2, -0.15) is 0 Å². The van der Waals surface area contributed by atoms with Gasteiger partial charge in [-0.1, -0.05) is 61.7 Å². The predicted octanol–water partition coefficient (Wildman–Crippen LogP) is 5.37. The first kappa shape index (κ1) is 30.0. The number of carbonyl (C=O) groups excluding carboxylic acids is 2. The molecule has 0 heterocycles. The number of aryl methyl sites for hydroxylation is 2. The Hall–Kier alpha value is -2.58. The van der Waals surface area contributed by atoms with E-state index in [1.807, 2.05) is 57.2 Å². The normalized spacial score (nSPS) is 14.8. The molecule has 9 heteroatoms. The van der Waals surface area contributed by atoms with Crippen LogP contribution in [-0.2, 0) is 26.2 Å². The smallest absolute Gasteiger partial charge is 0.243 e. The summed E-state index contributed by atoms with van der Waals surface area (Å²) in [5.74, 6) is -0.347. The molecule has 1 saturated carbocycles. The van der Waals surface area contributed by atoms with Gasteiger partial charge in [-0.3, -0.25) is 13.9 Å². The second kappa shape index (κ2) is 13.5. The van der Waals surface area contributed by atoms with Crippen molar-refractivity contribution in [2.24, 2.45) is 0 Å². The first-order valence-electron chi connectivity index (χ1n) is 13.4. The number of benzene rings is 2. The minimum absolute atomic E-state index is 0.106. The monoisotopic (exact) mass is 561 g/mol. The molecule has 1 atom stereocenters. The lowest BCUT2D eigenvalue weighted by Gasteiger charge is -2.32. The molecule has 1 fully saturated rings. The third kappa shape index (κ3) is 7.96. The maximum Gasteiger partial charge on any atom is 0.243 e. The number of carbonyl (C=O) groups is 2. The van der Waals surface area contributed by atoms with Crippen molar-refractivity contribution < 1.29 is 18.0 Å². The van der Waals surface area contributed by atoms with Crippen LogP contribution in [0.25, 0.3) is 0 Å². The number of nitrogens with one attached hydrogen (secondary N) is 1. The fourth-order valence-corrected chi connectivity index (χ4v) is 6.28. The summed E-state index contributed by atoms with van der Waals surface area (Å²) in [6.07, 6.45) is 6.18. The molecule has 7 nitrogen and oxygen atoms in total. The van der Waals surface area contributed by atoms with Crippen molar-refractivity contribution in [3.8, 4) is 0 Å². The lowest BCUT2D eigenvalue weighted by atomic mass is 10.1. The molecule has 2 amide bonds. The van der Waals surface area contributed by atoms with Gasteiger partial charge in [0.25, 0.3) is 0 Å². The molecule has 0 spiro atoms. The molecule has 3 rings (SSSR count). The Kier molecular flexibility index (Phi) is 10.6. The number of hydrogen-bond donors (Lipinski definition) is 1. The minimum Gasteiger partial charge on any atom is -0.352 e. The van der Waals surface area contributed by atoms with E-state index in [1.54, 1.807) is 11.0 Å². The van der Waals surface area contributed by atoms with Crippen LogP contribution in [0.2, 0.25) is 5.02 Å². The number of amides is 2. The molecule has 1 N–H and O–H groups in total. The highest BCUT2D eigenvalue weighted by Gasteiger charge is 2.31. The molecular weight excluding hydrogens is 522 g/mol. The van der Waals surface area contributed by atoms with Crippen molar-refractivity contribution in [1.29, 1.82) is 0 Å². The van der Waals surface area contributed by atoms with Gasteiger partial charge in [-0.05, 0) is 68.4 Å². The second-order valence-corrected chi connectivity index (χ2v) is 12.6. The molecule has 1 aliphatic carbocycles. The van der Waals surface area contributed by atoms with Crippen LogP contribution >= 0.6 is 11.6 Å². The van der Waals surface area contributed by atoms with Gasteiger partial charge >= 0.3 is 0 Å². The van der Waals surface area contributed by atoms with Crippen molar-refractivity contribution in [3.05, 3.63) is 64.2 Å². The lowest BCUT2D eigenvalue weighted by molar-refractivity contribution is -0.141. The van der Waals surface area contributed by atoms with Crippen LogP contribution in [0.4, 0.5) is 5.69 Å². The fraction of sp³-hybridized carbons (Fsp3) is 0.517. The van der Waals surface area contributed by atoms with Gasteiger partial charge in [0.15, 0.2) is 0 Å². The van der Waals surface area contributed by atoms with E-state index in [4.69, 9.17) is 11.6 Å². The molecule has 0 aliphatic heterocycles. The summed E-state index contributed by atoms with van der Waals surface area (Å²) in [4.78, 5) is 28.5. The van der Waals surface area contributed by atoms with Crippen molar-refractivity contribution >= 4 is 39.1 Å². The zero-order valence-electron chi connectivity index (χ0n) is 22.9. The standard InChI is InChI=1S/C29H40ClN3O4S/c1-5-26(29(35)31-24-12-7-8-13-24)32(20-23-11-6-9-14-25(23)30)28(34)15-10-18-33(38(4,36)37)27-19-21(2)16-17-22(27)3/h6,9,11,14,16-17,19,24,26H,5,7-8,10,12-13,15,18,20H2,1-4H3,(H,31,35)/t26-/m0/s1. The van der Waals surface area contributed by atoms with Crippen LogP contribution in [0.3, 0.4) is 0 Å². The van der Waals surface area contributed by atoms with E-state index in [9.17, 15) is 18.0 Å². The Labute approximate surface area is 232 Å². The van der Waals surface area contributed by atoms with Gasteiger partial charge in [0.1, 0.15) is 6.04 Å². The molecule has 2 aromatic rings. The van der Waals surface area contributed by atoms with Gasteiger partial charge in [0.2, 0.25) is 21.8 Å². The van der Waals surface area contributed by atoms with Gasteiger partial charge in [-0.15, -0.1) is 0 Å². The Balaban J connectivity index is 1.79. The van der Waals surface area contributed by atoms with E-state index in [1.165, 1.54) is 10.6 Å². The summed E-state index contributed by atoms with van der Waals surface area (Å²) in [7, 11) is -3.55. The zero-order chi connectivity index (χ0) is 27.9. The predicted molar refractivity (Wildman–Crippen MR) is 154 cm³/mol. The molecule has 1 aliphatic rings. The van der Waals surface area contributed by atoms with Crippen LogP contribution < -0.4 is 9.62 Å². The summed E-state index contributed by atoms with van der Waals surface area (Å²) in [5, 5.41) is 3.68. The molecular formula is C29H40ClN3O4S. The third-order valence-corrected chi connectivity index (χ3v) is 8.72. The number of anilines is 1. The van der Waals surface area contributed by atoms with E-state index < -0.39 is 16.1 Å². The number of nitrogens with zero attached hydrogens (tertiary/aromatic N) is 2. The van der Waals surface area contributed by atoms with Crippen LogP contribution in [0.5, 0.6) is 0 Å². The van der Waals surface area contributed by atoms with Crippen molar-refractivity contribution in [1.82, 2.24) is 10.2 Å². The van der Waals surface area contributed by atoms with Crippen LogP contribution in [0, 0.1) is 13.8 Å². The topological polar surface area (TPSA) is 86.8 Å².